The number of methoxy groups -OCH3 is 2. The first-order valence-corrected chi connectivity index (χ1v) is 9.55. The zero-order chi connectivity index (χ0) is 21.2. The summed E-state index contributed by atoms with van der Waals surface area (Å²) in [6.45, 7) is 7.01. The summed E-state index contributed by atoms with van der Waals surface area (Å²) in [6.07, 6.45) is 0. The minimum Gasteiger partial charge on any atom is -0.496 e. The number of anilines is 1. The molecule has 0 aromatic heterocycles. The van der Waals surface area contributed by atoms with Crippen LogP contribution in [0, 0.1) is 0 Å². The molecule has 2 aromatic carbocycles. The minimum atomic E-state index is -0.388. The van der Waals surface area contributed by atoms with Gasteiger partial charge in [0.15, 0.2) is 0 Å². The lowest BCUT2D eigenvalue weighted by Crippen LogP contribution is -2.27. The first kappa shape index (κ1) is 22.2. The van der Waals surface area contributed by atoms with Crippen molar-refractivity contribution in [3.05, 3.63) is 53.6 Å². The van der Waals surface area contributed by atoms with Gasteiger partial charge in [0.25, 0.3) is 5.91 Å². The molecule has 0 radical (unpaired) electrons. The highest BCUT2D eigenvalue weighted by molar-refractivity contribution is 6.08. The number of rotatable bonds is 10. The third-order valence-corrected chi connectivity index (χ3v) is 4.57. The fourth-order valence-electron chi connectivity index (χ4n) is 2.85. The first-order chi connectivity index (χ1) is 14.0. The van der Waals surface area contributed by atoms with Gasteiger partial charge >= 0.3 is 5.97 Å². The number of carbonyl (C=O) groups excluding carboxylic acids is 2. The predicted molar refractivity (Wildman–Crippen MR) is 112 cm³/mol. The summed E-state index contributed by atoms with van der Waals surface area (Å²) in [5.74, 6) is 0.0702. The Bertz CT molecular complexity index is 794. The maximum absolute atomic E-state index is 12.7. The summed E-state index contributed by atoms with van der Waals surface area (Å²) in [6, 6.07) is 11.7. The number of esters is 1. The lowest BCUT2D eigenvalue weighted by atomic mass is 10.1. The Morgan fingerprint density at radius 3 is 2.03 bits per heavy atom. The molecule has 1 N–H and O–H groups in total. The molecule has 2 rings (SSSR count). The second-order valence-corrected chi connectivity index (χ2v) is 6.23. The average Bonchev–Trinajstić information content (AvgIpc) is 2.76. The number of carbonyl (C=O) groups is 2. The molecule has 2 aromatic rings. The van der Waals surface area contributed by atoms with Crippen LogP contribution in [-0.4, -0.2) is 57.2 Å². The Labute approximate surface area is 171 Å². The van der Waals surface area contributed by atoms with Gasteiger partial charge < -0.3 is 24.4 Å². The van der Waals surface area contributed by atoms with Gasteiger partial charge in [-0.3, -0.25) is 4.79 Å². The van der Waals surface area contributed by atoms with E-state index in [-0.39, 0.29) is 11.9 Å². The van der Waals surface area contributed by atoms with Crippen molar-refractivity contribution in [1.29, 1.82) is 0 Å². The molecule has 0 saturated carbocycles. The third kappa shape index (κ3) is 5.96. The summed E-state index contributed by atoms with van der Waals surface area (Å²) in [7, 11) is 2.98. The van der Waals surface area contributed by atoms with Gasteiger partial charge in [-0.25, -0.2) is 4.79 Å². The van der Waals surface area contributed by atoms with Crippen molar-refractivity contribution in [2.24, 2.45) is 0 Å². The van der Waals surface area contributed by atoms with Gasteiger partial charge in [0.1, 0.15) is 23.7 Å². The highest BCUT2D eigenvalue weighted by Gasteiger charge is 2.18. The van der Waals surface area contributed by atoms with Gasteiger partial charge in [-0.2, -0.15) is 0 Å². The van der Waals surface area contributed by atoms with Crippen LogP contribution in [0.4, 0.5) is 5.69 Å². The highest BCUT2D eigenvalue weighted by atomic mass is 16.5. The van der Waals surface area contributed by atoms with Crippen LogP contribution >= 0.6 is 0 Å². The summed E-state index contributed by atoms with van der Waals surface area (Å²) in [4.78, 5) is 27.0. The van der Waals surface area contributed by atoms with Crippen molar-refractivity contribution in [3.8, 4) is 11.5 Å². The molecule has 1 amide bonds. The Kier molecular flexibility index (Phi) is 8.48. The van der Waals surface area contributed by atoms with Crippen molar-refractivity contribution in [3.63, 3.8) is 0 Å². The number of benzene rings is 2. The SMILES string of the molecule is CCN(CC)CCOC(=O)c1ccc(NC(=O)c2c(OC)cccc2OC)cc1. The highest BCUT2D eigenvalue weighted by Crippen LogP contribution is 2.29. The summed E-state index contributed by atoms with van der Waals surface area (Å²) in [5.41, 5.74) is 1.28. The second-order valence-electron chi connectivity index (χ2n) is 6.23. The van der Waals surface area contributed by atoms with Crippen molar-refractivity contribution >= 4 is 17.6 Å². The molecule has 0 saturated heterocycles. The maximum atomic E-state index is 12.7. The zero-order valence-corrected chi connectivity index (χ0v) is 17.4. The Hall–Kier alpha value is -3.06. The topological polar surface area (TPSA) is 77.1 Å². The van der Waals surface area contributed by atoms with Crippen molar-refractivity contribution < 1.29 is 23.8 Å². The molecule has 0 aliphatic heterocycles. The van der Waals surface area contributed by atoms with E-state index in [4.69, 9.17) is 14.2 Å². The van der Waals surface area contributed by atoms with E-state index in [0.29, 0.717) is 41.5 Å². The molecule has 0 unspecified atom stereocenters. The quantitative estimate of drug-likeness (QED) is 0.616. The number of nitrogens with zero attached hydrogens (tertiary/aromatic N) is 1. The monoisotopic (exact) mass is 400 g/mol. The van der Waals surface area contributed by atoms with Crippen LogP contribution in [0.2, 0.25) is 0 Å². The Morgan fingerprint density at radius 1 is 0.931 bits per heavy atom. The maximum Gasteiger partial charge on any atom is 0.338 e. The van der Waals surface area contributed by atoms with E-state index in [1.165, 1.54) is 14.2 Å². The van der Waals surface area contributed by atoms with Gasteiger partial charge in [0, 0.05) is 12.2 Å². The Morgan fingerprint density at radius 2 is 1.52 bits per heavy atom. The van der Waals surface area contributed by atoms with Crippen molar-refractivity contribution in [2.75, 3.05) is 45.8 Å². The molecular weight excluding hydrogens is 372 g/mol. The van der Waals surface area contributed by atoms with Crippen LogP contribution in [0.15, 0.2) is 42.5 Å². The molecule has 0 bridgehead atoms. The van der Waals surface area contributed by atoms with Crippen molar-refractivity contribution in [1.82, 2.24) is 4.90 Å². The van der Waals surface area contributed by atoms with Crippen LogP contribution in [0.3, 0.4) is 0 Å². The summed E-state index contributed by atoms with van der Waals surface area (Å²) in [5, 5.41) is 2.79. The van der Waals surface area contributed by atoms with E-state index >= 15 is 0 Å². The fraction of sp³-hybridized carbons (Fsp3) is 0.364. The molecular formula is C22H28N2O5. The third-order valence-electron chi connectivity index (χ3n) is 4.57. The van der Waals surface area contributed by atoms with E-state index in [9.17, 15) is 9.59 Å². The second kappa shape index (κ2) is 11.1. The van der Waals surface area contributed by atoms with Gasteiger partial charge in [0.2, 0.25) is 0 Å². The molecule has 0 spiro atoms. The van der Waals surface area contributed by atoms with Gasteiger partial charge in [0.05, 0.1) is 19.8 Å². The summed E-state index contributed by atoms with van der Waals surface area (Å²) >= 11 is 0. The van der Waals surface area contributed by atoms with Crippen LogP contribution in [0.1, 0.15) is 34.6 Å². The molecule has 0 aliphatic rings. The normalized spacial score (nSPS) is 10.5. The van der Waals surface area contributed by atoms with Gasteiger partial charge in [-0.15, -0.1) is 0 Å². The first-order valence-electron chi connectivity index (χ1n) is 9.55. The lowest BCUT2D eigenvalue weighted by Gasteiger charge is -2.17. The molecule has 7 heteroatoms. The number of hydrogen-bond donors (Lipinski definition) is 1. The van der Waals surface area contributed by atoms with Crippen LogP contribution in [-0.2, 0) is 4.74 Å². The standard InChI is InChI=1S/C22H28N2O5/c1-5-24(6-2)14-15-29-22(26)16-10-12-17(13-11-16)23-21(25)20-18(27-3)8-7-9-19(20)28-4/h7-13H,5-6,14-15H2,1-4H3,(H,23,25). The number of hydrogen-bond acceptors (Lipinski definition) is 6. The van der Waals surface area contributed by atoms with Crippen LogP contribution in [0.5, 0.6) is 11.5 Å². The smallest absolute Gasteiger partial charge is 0.338 e. The number of likely N-dealkylation sites (N-methyl/N-ethyl adjacent to an activating group) is 1. The number of amides is 1. The molecule has 0 atom stereocenters. The lowest BCUT2D eigenvalue weighted by molar-refractivity contribution is 0.0466. The van der Waals surface area contributed by atoms with E-state index in [2.05, 4.69) is 24.1 Å². The van der Waals surface area contributed by atoms with Crippen LogP contribution < -0.4 is 14.8 Å². The predicted octanol–water partition coefficient (Wildman–Crippen LogP) is 3.45. The largest absolute Gasteiger partial charge is 0.496 e. The Balaban J connectivity index is 2.00. The molecule has 29 heavy (non-hydrogen) atoms. The van der Waals surface area contributed by atoms with E-state index in [1.54, 1.807) is 42.5 Å². The van der Waals surface area contributed by atoms with Crippen LogP contribution in [0.25, 0.3) is 0 Å². The molecule has 0 heterocycles. The molecule has 0 aliphatic carbocycles. The minimum absolute atomic E-state index is 0.303. The van der Waals surface area contributed by atoms with Gasteiger partial charge in [-0.05, 0) is 49.5 Å². The van der Waals surface area contributed by atoms with E-state index in [0.717, 1.165) is 13.1 Å². The number of ether oxygens (including phenoxy) is 3. The molecule has 156 valence electrons. The molecule has 7 nitrogen and oxygen atoms in total. The zero-order valence-electron chi connectivity index (χ0n) is 17.4. The molecule has 0 fully saturated rings. The summed E-state index contributed by atoms with van der Waals surface area (Å²) < 4.78 is 15.8. The number of nitrogens with one attached hydrogen (secondary N) is 1. The fourth-order valence-corrected chi connectivity index (χ4v) is 2.85. The van der Waals surface area contributed by atoms with E-state index < -0.39 is 0 Å². The average molecular weight is 400 g/mol. The van der Waals surface area contributed by atoms with Crippen molar-refractivity contribution in [2.45, 2.75) is 13.8 Å². The van der Waals surface area contributed by atoms with E-state index in [1.807, 2.05) is 0 Å². The van der Waals surface area contributed by atoms with Gasteiger partial charge in [-0.1, -0.05) is 19.9 Å².